The Balaban J connectivity index is 1.90. The maximum atomic E-state index is 12.9. The zero-order chi connectivity index (χ0) is 18.7. The molecule has 0 fully saturated rings. The summed E-state index contributed by atoms with van der Waals surface area (Å²) in [6.07, 6.45) is 3.58. The molecule has 0 bridgehead atoms. The van der Waals surface area contributed by atoms with Crippen LogP contribution in [0.15, 0.2) is 42.6 Å². The molecule has 134 valence electrons. The van der Waals surface area contributed by atoms with Gasteiger partial charge in [0, 0.05) is 24.5 Å². The van der Waals surface area contributed by atoms with Crippen molar-refractivity contribution in [1.29, 1.82) is 0 Å². The quantitative estimate of drug-likeness (QED) is 0.735. The van der Waals surface area contributed by atoms with E-state index < -0.39 is 0 Å². The topological polar surface area (TPSA) is 75.5 Å². The van der Waals surface area contributed by atoms with E-state index in [1.165, 1.54) is 6.92 Å². The van der Waals surface area contributed by atoms with Crippen molar-refractivity contribution in [1.82, 2.24) is 9.38 Å². The van der Waals surface area contributed by atoms with Crippen LogP contribution >= 0.6 is 0 Å². The Bertz CT molecular complexity index is 958. The Kier molecular flexibility index (Phi) is 5.02. The van der Waals surface area contributed by atoms with Gasteiger partial charge in [-0.2, -0.15) is 0 Å². The van der Waals surface area contributed by atoms with Gasteiger partial charge in [-0.05, 0) is 49.2 Å². The van der Waals surface area contributed by atoms with Gasteiger partial charge in [-0.15, -0.1) is 0 Å². The molecule has 2 heterocycles. The van der Waals surface area contributed by atoms with Gasteiger partial charge in [0.25, 0.3) is 5.91 Å². The number of pyridine rings is 1. The van der Waals surface area contributed by atoms with Crippen molar-refractivity contribution in [2.75, 3.05) is 10.6 Å². The van der Waals surface area contributed by atoms with Crippen LogP contribution < -0.4 is 10.6 Å². The summed E-state index contributed by atoms with van der Waals surface area (Å²) in [5.41, 5.74) is 4.54. The van der Waals surface area contributed by atoms with Gasteiger partial charge in [-0.3, -0.25) is 14.0 Å². The zero-order valence-corrected chi connectivity index (χ0v) is 15.2. The van der Waals surface area contributed by atoms with Crippen LogP contribution in [0.2, 0.25) is 0 Å². The van der Waals surface area contributed by atoms with E-state index >= 15 is 0 Å². The van der Waals surface area contributed by atoms with Gasteiger partial charge in [0.1, 0.15) is 11.3 Å². The van der Waals surface area contributed by atoms with E-state index in [9.17, 15) is 9.59 Å². The lowest BCUT2D eigenvalue weighted by atomic mass is 10.2. The molecule has 26 heavy (non-hydrogen) atoms. The number of nitrogens with one attached hydrogen (secondary N) is 2. The molecule has 0 radical (unpaired) electrons. The van der Waals surface area contributed by atoms with E-state index in [0.717, 1.165) is 29.7 Å². The number of amides is 2. The number of fused-ring (bicyclic) bond motifs is 1. The Morgan fingerprint density at radius 3 is 2.31 bits per heavy atom. The summed E-state index contributed by atoms with van der Waals surface area (Å²) in [6, 6.07) is 10.9. The molecule has 0 unspecified atom stereocenters. The number of anilines is 2. The molecule has 0 aliphatic carbocycles. The van der Waals surface area contributed by atoms with Gasteiger partial charge in [-0.1, -0.05) is 19.4 Å². The first-order valence-corrected chi connectivity index (χ1v) is 8.64. The number of benzene rings is 1. The molecule has 0 atom stereocenters. The lowest BCUT2D eigenvalue weighted by molar-refractivity contribution is -0.114. The molecular formula is C20H22N4O2. The Morgan fingerprint density at radius 2 is 1.69 bits per heavy atom. The van der Waals surface area contributed by atoms with Crippen molar-refractivity contribution >= 4 is 28.8 Å². The van der Waals surface area contributed by atoms with E-state index in [4.69, 9.17) is 0 Å². The van der Waals surface area contributed by atoms with Crippen LogP contribution in [0.1, 0.15) is 42.0 Å². The zero-order valence-electron chi connectivity index (χ0n) is 15.2. The summed E-state index contributed by atoms with van der Waals surface area (Å²) < 4.78 is 1.85. The number of hydrogen-bond acceptors (Lipinski definition) is 3. The van der Waals surface area contributed by atoms with Crippen LogP contribution in [0.25, 0.3) is 5.65 Å². The average molecular weight is 350 g/mol. The van der Waals surface area contributed by atoms with E-state index in [1.807, 2.05) is 29.7 Å². The van der Waals surface area contributed by atoms with Crippen molar-refractivity contribution < 1.29 is 9.59 Å². The molecule has 6 heteroatoms. The van der Waals surface area contributed by atoms with Gasteiger partial charge in [0.15, 0.2) is 0 Å². The van der Waals surface area contributed by atoms with Gasteiger partial charge >= 0.3 is 0 Å². The van der Waals surface area contributed by atoms with Gasteiger partial charge in [0.05, 0.1) is 5.69 Å². The number of carbonyl (C=O) groups excluding carboxylic acids is 2. The molecule has 0 aliphatic heterocycles. The summed E-state index contributed by atoms with van der Waals surface area (Å²) >= 11 is 0. The number of nitrogens with zero attached hydrogens (tertiary/aromatic N) is 2. The van der Waals surface area contributed by atoms with E-state index in [1.54, 1.807) is 24.3 Å². The number of aromatic nitrogens is 2. The predicted molar refractivity (Wildman–Crippen MR) is 103 cm³/mol. The molecule has 6 nitrogen and oxygen atoms in total. The second kappa shape index (κ2) is 7.39. The fourth-order valence-electron chi connectivity index (χ4n) is 2.88. The van der Waals surface area contributed by atoms with Gasteiger partial charge in [-0.25, -0.2) is 4.98 Å². The Hall–Kier alpha value is -3.15. The van der Waals surface area contributed by atoms with E-state index in [2.05, 4.69) is 22.5 Å². The highest BCUT2D eigenvalue weighted by Crippen LogP contribution is 2.19. The average Bonchev–Trinajstić information content (AvgIpc) is 2.93. The van der Waals surface area contributed by atoms with Crippen LogP contribution in [0.5, 0.6) is 0 Å². The van der Waals surface area contributed by atoms with Crippen molar-refractivity contribution in [3.05, 3.63) is 59.5 Å². The van der Waals surface area contributed by atoms with Crippen molar-refractivity contribution in [2.45, 2.75) is 33.6 Å². The van der Waals surface area contributed by atoms with Crippen LogP contribution in [0.4, 0.5) is 11.4 Å². The second-order valence-corrected chi connectivity index (χ2v) is 6.30. The number of hydrogen-bond donors (Lipinski definition) is 2. The van der Waals surface area contributed by atoms with Crippen LogP contribution in [-0.2, 0) is 11.2 Å². The maximum Gasteiger partial charge on any atom is 0.274 e. The molecule has 1 aromatic carbocycles. The third kappa shape index (κ3) is 3.74. The first-order valence-electron chi connectivity index (χ1n) is 8.64. The SMILES string of the molecule is CCCc1nc2ccc(C)cn2c1C(=O)Nc1ccc(NC(C)=O)cc1. The molecule has 3 aromatic rings. The van der Waals surface area contributed by atoms with Crippen molar-refractivity contribution in [3.63, 3.8) is 0 Å². The summed E-state index contributed by atoms with van der Waals surface area (Å²) in [6.45, 7) is 5.51. The van der Waals surface area contributed by atoms with Crippen LogP contribution in [0, 0.1) is 6.92 Å². The van der Waals surface area contributed by atoms with Crippen LogP contribution in [-0.4, -0.2) is 21.2 Å². The fraction of sp³-hybridized carbons (Fsp3) is 0.250. The molecule has 2 aromatic heterocycles. The minimum atomic E-state index is -0.196. The summed E-state index contributed by atoms with van der Waals surface area (Å²) in [5, 5.41) is 5.63. The highest BCUT2D eigenvalue weighted by Gasteiger charge is 2.19. The monoisotopic (exact) mass is 350 g/mol. The normalized spacial score (nSPS) is 10.7. The molecule has 0 spiro atoms. The maximum absolute atomic E-state index is 12.9. The summed E-state index contributed by atoms with van der Waals surface area (Å²) in [4.78, 5) is 28.6. The van der Waals surface area contributed by atoms with Gasteiger partial charge in [0.2, 0.25) is 5.91 Å². The summed E-state index contributed by atoms with van der Waals surface area (Å²) in [5.74, 6) is -0.328. The molecule has 3 rings (SSSR count). The minimum absolute atomic E-state index is 0.132. The minimum Gasteiger partial charge on any atom is -0.326 e. The first-order chi connectivity index (χ1) is 12.5. The lowest BCUT2D eigenvalue weighted by Gasteiger charge is -2.08. The predicted octanol–water partition coefficient (Wildman–Crippen LogP) is 3.81. The first kappa shape index (κ1) is 17.7. The molecule has 2 amide bonds. The smallest absolute Gasteiger partial charge is 0.274 e. The highest BCUT2D eigenvalue weighted by molar-refractivity contribution is 6.04. The fourth-order valence-corrected chi connectivity index (χ4v) is 2.88. The van der Waals surface area contributed by atoms with E-state index in [-0.39, 0.29) is 11.8 Å². The van der Waals surface area contributed by atoms with Gasteiger partial charge < -0.3 is 10.6 Å². The highest BCUT2D eigenvalue weighted by atomic mass is 16.2. The Labute approximate surface area is 152 Å². The van der Waals surface area contributed by atoms with Crippen LogP contribution in [0.3, 0.4) is 0 Å². The number of rotatable bonds is 5. The third-order valence-electron chi connectivity index (χ3n) is 4.00. The number of aryl methyl sites for hydroxylation is 2. The van der Waals surface area contributed by atoms with E-state index in [0.29, 0.717) is 17.1 Å². The standard InChI is InChI=1S/C20H22N4O2/c1-4-5-17-19(24-12-13(2)6-11-18(24)23-17)20(26)22-16-9-7-15(8-10-16)21-14(3)25/h6-12H,4-5H2,1-3H3,(H,21,25)(H,22,26). The number of carbonyl (C=O) groups is 2. The molecule has 0 saturated heterocycles. The largest absolute Gasteiger partial charge is 0.326 e. The van der Waals surface area contributed by atoms with Crippen molar-refractivity contribution in [3.8, 4) is 0 Å². The Morgan fingerprint density at radius 1 is 1.04 bits per heavy atom. The summed E-state index contributed by atoms with van der Waals surface area (Å²) in [7, 11) is 0. The third-order valence-corrected chi connectivity index (χ3v) is 4.00. The molecule has 0 aliphatic rings. The lowest BCUT2D eigenvalue weighted by Crippen LogP contribution is -2.16. The number of imidazole rings is 1. The molecule has 2 N–H and O–H groups in total. The molecular weight excluding hydrogens is 328 g/mol. The van der Waals surface area contributed by atoms with Crippen molar-refractivity contribution in [2.24, 2.45) is 0 Å². The second-order valence-electron chi connectivity index (χ2n) is 6.30. The molecule has 0 saturated carbocycles.